The van der Waals surface area contributed by atoms with Crippen LogP contribution in [0.4, 0.5) is 5.82 Å². The molecule has 1 amide bonds. The number of ether oxygens (including phenoxy) is 1. The van der Waals surface area contributed by atoms with Crippen LogP contribution in [0.5, 0.6) is 5.75 Å². The highest BCUT2D eigenvalue weighted by molar-refractivity contribution is 8.26. The second-order valence-electron chi connectivity index (χ2n) is 11.3. The molecular formula is C35H39N5O3S2. The smallest absolute Gasteiger partial charge is 0.270 e. The molecule has 0 aliphatic carbocycles. The van der Waals surface area contributed by atoms with Gasteiger partial charge in [0.2, 0.25) is 0 Å². The zero-order valence-corrected chi connectivity index (χ0v) is 27.8. The maximum absolute atomic E-state index is 13.7. The van der Waals surface area contributed by atoms with Gasteiger partial charge in [-0.3, -0.25) is 24.0 Å². The van der Waals surface area contributed by atoms with Gasteiger partial charge in [-0.1, -0.05) is 79.8 Å². The number of pyridine rings is 1. The van der Waals surface area contributed by atoms with E-state index >= 15 is 0 Å². The van der Waals surface area contributed by atoms with Gasteiger partial charge in [0.05, 0.1) is 12.0 Å². The highest BCUT2D eigenvalue weighted by Gasteiger charge is 2.33. The monoisotopic (exact) mass is 641 g/mol. The van der Waals surface area contributed by atoms with Crippen LogP contribution >= 0.6 is 24.0 Å². The fourth-order valence-electron chi connectivity index (χ4n) is 5.82. The lowest BCUT2D eigenvalue weighted by molar-refractivity contribution is -0.122. The van der Waals surface area contributed by atoms with Gasteiger partial charge in [-0.25, -0.2) is 0 Å². The molecule has 3 aromatic rings. The van der Waals surface area contributed by atoms with Crippen molar-refractivity contribution in [2.24, 2.45) is 0 Å². The number of carbonyl (C=O) groups excluding carboxylic acids is 1. The van der Waals surface area contributed by atoms with E-state index in [1.165, 1.54) is 17.3 Å². The first-order valence-corrected chi connectivity index (χ1v) is 16.6. The van der Waals surface area contributed by atoms with Crippen molar-refractivity contribution in [1.29, 1.82) is 5.26 Å². The molecule has 45 heavy (non-hydrogen) atoms. The Morgan fingerprint density at radius 1 is 1.00 bits per heavy atom. The van der Waals surface area contributed by atoms with E-state index in [-0.39, 0.29) is 17.0 Å². The molecule has 0 spiro atoms. The highest BCUT2D eigenvalue weighted by Crippen LogP contribution is 2.36. The molecule has 2 aliphatic heterocycles. The number of amides is 1. The minimum absolute atomic E-state index is 0.124. The van der Waals surface area contributed by atoms with Gasteiger partial charge < -0.3 is 9.64 Å². The highest BCUT2D eigenvalue weighted by atomic mass is 32.2. The van der Waals surface area contributed by atoms with E-state index in [9.17, 15) is 14.9 Å². The molecule has 2 aromatic carbocycles. The lowest BCUT2D eigenvalue weighted by Gasteiger charge is -2.38. The molecule has 2 aliphatic rings. The second kappa shape index (κ2) is 14.9. The van der Waals surface area contributed by atoms with E-state index < -0.39 is 0 Å². The first-order chi connectivity index (χ1) is 21.8. The van der Waals surface area contributed by atoms with Crippen LogP contribution in [-0.4, -0.2) is 64.4 Å². The summed E-state index contributed by atoms with van der Waals surface area (Å²) in [6, 6.07) is 20.4. The van der Waals surface area contributed by atoms with Gasteiger partial charge in [0.15, 0.2) is 0 Å². The first-order valence-electron chi connectivity index (χ1n) is 15.4. The van der Waals surface area contributed by atoms with Gasteiger partial charge in [0.25, 0.3) is 11.5 Å². The van der Waals surface area contributed by atoms with Gasteiger partial charge in [-0.15, -0.1) is 0 Å². The molecule has 234 valence electrons. The summed E-state index contributed by atoms with van der Waals surface area (Å²) in [5, 5.41) is 10.0. The maximum Gasteiger partial charge on any atom is 0.270 e. The van der Waals surface area contributed by atoms with Crippen molar-refractivity contribution < 1.29 is 9.53 Å². The van der Waals surface area contributed by atoms with Gasteiger partial charge in [-0.05, 0) is 54.7 Å². The molecule has 2 fully saturated rings. The number of piperazine rings is 1. The van der Waals surface area contributed by atoms with Crippen LogP contribution in [0.25, 0.3) is 6.08 Å². The summed E-state index contributed by atoms with van der Waals surface area (Å²) in [6.07, 6.45) is 4.23. The van der Waals surface area contributed by atoms with Gasteiger partial charge in [-0.2, -0.15) is 5.26 Å². The molecule has 1 aromatic heterocycles. The van der Waals surface area contributed by atoms with Crippen molar-refractivity contribution in [2.75, 3.05) is 44.7 Å². The number of benzene rings is 2. The number of carbonyl (C=O) groups is 1. The number of anilines is 1. The van der Waals surface area contributed by atoms with Gasteiger partial charge in [0, 0.05) is 51.4 Å². The van der Waals surface area contributed by atoms with Crippen molar-refractivity contribution >= 4 is 46.1 Å². The summed E-state index contributed by atoms with van der Waals surface area (Å²) >= 11 is 6.94. The van der Waals surface area contributed by atoms with Crippen LogP contribution in [0.3, 0.4) is 0 Å². The molecular weight excluding hydrogens is 603 g/mol. The molecule has 0 radical (unpaired) electrons. The number of hydrogen-bond acceptors (Lipinski definition) is 8. The molecule has 2 saturated heterocycles. The molecule has 0 N–H and O–H groups in total. The lowest BCUT2D eigenvalue weighted by atomic mass is 10.0. The summed E-state index contributed by atoms with van der Waals surface area (Å²) < 4.78 is 7.52. The van der Waals surface area contributed by atoms with Gasteiger partial charge >= 0.3 is 0 Å². The number of thioether (sulfide) groups is 1. The molecule has 8 nitrogen and oxygen atoms in total. The first kappa shape index (κ1) is 32.5. The Bertz CT molecular complexity index is 1670. The summed E-state index contributed by atoms with van der Waals surface area (Å²) in [7, 11) is 1.63. The predicted molar refractivity (Wildman–Crippen MR) is 186 cm³/mol. The number of thiocarbonyl (C=S) groups is 1. The average Bonchev–Trinajstić information content (AvgIpc) is 3.33. The molecule has 0 bridgehead atoms. The number of hydrogen-bond donors (Lipinski definition) is 0. The molecule has 3 heterocycles. The van der Waals surface area contributed by atoms with Gasteiger partial charge in [0.1, 0.15) is 27.5 Å². The number of methoxy groups -OCH3 is 1. The predicted octanol–water partition coefficient (Wildman–Crippen LogP) is 5.60. The van der Waals surface area contributed by atoms with E-state index in [0.29, 0.717) is 34.3 Å². The lowest BCUT2D eigenvalue weighted by Crippen LogP contribution is -2.48. The Kier molecular flexibility index (Phi) is 10.8. The van der Waals surface area contributed by atoms with E-state index in [0.717, 1.165) is 68.3 Å². The zero-order chi connectivity index (χ0) is 31.9. The largest absolute Gasteiger partial charge is 0.497 e. The number of aromatic nitrogens is 1. The fourth-order valence-corrected chi connectivity index (χ4v) is 7.12. The standard InChI is InChI=1S/C35H39N5O3S2/c1-4-5-16-39-32(38-20-18-37(19-21-38)24-27-9-7-6-8-10-27)29(25(2)30(23-36)33(39)41)22-31-34(42)40(35(44)45-31)17-15-26-11-13-28(43-3)14-12-26/h6-14,22H,4-5,15-21,24H2,1-3H3. The second-order valence-corrected chi connectivity index (χ2v) is 13.0. The van der Waals surface area contributed by atoms with E-state index in [1.54, 1.807) is 16.6 Å². The Morgan fingerprint density at radius 2 is 1.71 bits per heavy atom. The summed E-state index contributed by atoms with van der Waals surface area (Å²) in [4.78, 5) is 34.2. The summed E-state index contributed by atoms with van der Waals surface area (Å²) in [5.41, 5.74) is 3.55. The number of unbranched alkanes of at least 4 members (excludes halogenated alkanes) is 1. The van der Waals surface area contributed by atoms with Crippen molar-refractivity contribution in [3.8, 4) is 11.8 Å². The third-order valence-electron chi connectivity index (χ3n) is 8.43. The zero-order valence-electron chi connectivity index (χ0n) is 26.1. The topological polar surface area (TPSA) is 81.8 Å². The quantitative estimate of drug-likeness (QED) is 0.198. The van der Waals surface area contributed by atoms with Crippen LogP contribution in [0, 0.1) is 18.3 Å². The Morgan fingerprint density at radius 3 is 2.36 bits per heavy atom. The van der Waals surface area contributed by atoms with E-state index in [2.05, 4.69) is 47.1 Å². The van der Waals surface area contributed by atoms with Crippen LogP contribution in [0.2, 0.25) is 0 Å². The molecule has 5 rings (SSSR count). The molecule has 0 unspecified atom stereocenters. The minimum Gasteiger partial charge on any atom is -0.497 e. The maximum atomic E-state index is 13.7. The van der Waals surface area contributed by atoms with Crippen molar-refractivity contribution in [2.45, 2.75) is 46.2 Å². The Balaban J connectivity index is 1.45. The van der Waals surface area contributed by atoms with Crippen LogP contribution < -0.4 is 15.2 Å². The fraction of sp³-hybridized carbons (Fsp3) is 0.371. The summed E-state index contributed by atoms with van der Waals surface area (Å²) in [5.74, 6) is 1.42. The number of nitriles is 1. The normalized spacial score (nSPS) is 16.4. The SMILES string of the molecule is CCCCn1c(N2CCN(Cc3ccccc3)CC2)c(C=C2SC(=S)N(CCc3ccc(OC)cc3)C2=O)c(C)c(C#N)c1=O. The molecule has 0 saturated carbocycles. The van der Waals surface area contributed by atoms with E-state index in [1.807, 2.05) is 43.3 Å². The van der Waals surface area contributed by atoms with Crippen LogP contribution in [-0.2, 0) is 24.3 Å². The van der Waals surface area contributed by atoms with Crippen molar-refractivity contribution in [3.63, 3.8) is 0 Å². The van der Waals surface area contributed by atoms with Crippen molar-refractivity contribution in [3.05, 3.63) is 97.7 Å². The molecule has 0 atom stereocenters. The van der Waals surface area contributed by atoms with Crippen LogP contribution in [0.15, 0.2) is 64.3 Å². The van der Waals surface area contributed by atoms with Crippen LogP contribution in [0.1, 0.15) is 47.6 Å². The molecule has 10 heteroatoms. The third kappa shape index (κ3) is 7.33. The Labute approximate surface area is 274 Å². The summed E-state index contributed by atoms with van der Waals surface area (Å²) in [6.45, 7) is 8.87. The van der Waals surface area contributed by atoms with Crippen molar-refractivity contribution in [1.82, 2.24) is 14.4 Å². The number of nitrogens with zero attached hydrogens (tertiary/aromatic N) is 5. The minimum atomic E-state index is -0.269. The van der Waals surface area contributed by atoms with E-state index in [4.69, 9.17) is 17.0 Å². The number of rotatable bonds is 11. The average molecular weight is 642 g/mol. The Hall–Kier alpha value is -3.91. The third-order valence-corrected chi connectivity index (χ3v) is 9.81.